The Kier molecular flexibility index (Phi) is 9.98. The van der Waals surface area contributed by atoms with E-state index in [1.165, 1.54) is 11.1 Å². The van der Waals surface area contributed by atoms with Gasteiger partial charge in [0.15, 0.2) is 17.5 Å². The predicted molar refractivity (Wildman–Crippen MR) is 212 cm³/mol. The second-order valence-electron chi connectivity index (χ2n) is 12.6. The lowest BCUT2D eigenvalue weighted by Crippen LogP contribution is -2.27. The molecule has 0 fully saturated rings. The summed E-state index contributed by atoms with van der Waals surface area (Å²) in [5.74, 6) is 1.67. The molecule has 5 aromatic rings. The van der Waals surface area contributed by atoms with Crippen molar-refractivity contribution < 1.29 is 0 Å². The predicted octanol–water partition coefficient (Wildman–Crippen LogP) is 10.7. The first kappa shape index (κ1) is 33.1. The molecule has 0 spiro atoms. The van der Waals surface area contributed by atoms with Gasteiger partial charge in [0.05, 0.1) is 11.7 Å². The fourth-order valence-corrected chi connectivity index (χ4v) is 6.21. The van der Waals surface area contributed by atoms with Crippen molar-refractivity contribution in [1.82, 2.24) is 24.8 Å². The van der Waals surface area contributed by atoms with E-state index in [0.29, 0.717) is 23.0 Å². The maximum absolute atomic E-state index is 5.12. The summed E-state index contributed by atoms with van der Waals surface area (Å²) in [7, 11) is 2.08. The maximum Gasteiger partial charge on any atom is 0.164 e. The van der Waals surface area contributed by atoms with E-state index in [9.17, 15) is 0 Å². The average Bonchev–Trinajstić information content (AvgIpc) is 3.48. The highest BCUT2D eigenvalue weighted by Gasteiger charge is 2.16. The molecule has 5 heteroatoms. The molecule has 0 N–H and O–H groups in total. The van der Waals surface area contributed by atoms with Crippen LogP contribution in [0.1, 0.15) is 24.7 Å². The summed E-state index contributed by atoms with van der Waals surface area (Å²) in [6.07, 6.45) is 27.8. The lowest BCUT2D eigenvalue weighted by molar-refractivity contribution is 0.419. The molecule has 1 atom stereocenters. The van der Waals surface area contributed by atoms with Crippen molar-refractivity contribution in [3.63, 3.8) is 0 Å². The largest absolute Gasteiger partial charge is 0.370 e. The van der Waals surface area contributed by atoms with Crippen LogP contribution in [-0.4, -0.2) is 37.9 Å². The van der Waals surface area contributed by atoms with Crippen molar-refractivity contribution in [1.29, 1.82) is 0 Å². The van der Waals surface area contributed by atoms with Crippen molar-refractivity contribution in [2.24, 2.45) is 0 Å². The van der Waals surface area contributed by atoms with Crippen LogP contribution >= 0.6 is 0 Å². The minimum absolute atomic E-state index is 0.204. The summed E-state index contributed by atoms with van der Waals surface area (Å²) in [5.41, 5.74) is 10.1. The molecule has 3 heterocycles. The summed E-state index contributed by atoms with van der Waals surface area (Å²) in [6, 6.07) is 31.4. The van der Waals surface area contributed by atoms with E-state index in [4.69, 9.17) is 15.0 Å². The number of rotatable bonds is 9. The van der Waals surface area contributed by atoms with Crippen LogP contribution in [0.5, 0.6) is 0 Å². The van der Waals surface area contributed by atoms with Crippen molar-refractivity contribution in [3.05, 3.63) is 194 Å². The lowest BCUT2D eigenvalue weighted by atomic mass is 9.94. The van der Waals surface area contributed by atoms with Gasteiger partial charge in [0.1, 0.15) is 0 Å². The van der Waals surface area contributed by atoms with Crippen LogP contribution in [0.4, 0.5) is 0 Å². The first-order valence-electron chi connectivity index (χ1n) is 17.1. The number of allylic oxidation sites excluding steroid dienone is 12. The second kappa shape index (κ2) is 15.4. The summed E-state index contributed by atoms with van der Waals surface area (Å²) in [4.78, 5) is 21.9. The smallest absolute Gasteiger partial charge is 0.164 e. The Morgan fingerprint density at radius 3 is 2.29 bits per heavy atom. The van der Waals surface area contributed by atoms with Gasteiger partial charge in [-0.15, -0.1) is 0 Å². The molecule has 51 heavy (non-hydrogen) atoms. The molecule has 1 aliphatic heterocycles. The van der Waals surface area contributed by atoms with Gasteiger partial charge in [-0.25, -0.2) is 15.0 Å². The Hall–Kier alpha value is -6.46. The number of hydrogen-bond acceptors (Lipinski definition) is 5. The van der Waals surface area contributed by atoms with Gasteiger partial charge in [0.2, 0.25) is 0 Å². The molecule has 7 rings (SSSR count). The Morgan fingerprint density at radius 2 is 1.47 bits per heavy atom. The number of benzene rings is 3. The third kappa shape index (κ3) is 7.90. The zero-order chi connectivity index (χ0) is 35.0. The van der Waals surface area contributed by atoms with Gasteiger partial charge in [0, 0.05) is 35.5 Å². The third-order valence-electron chi connectivity index (χ3n) is 8.95. The Balaban J connectivity index is 1.34. The summed E-state index contributed by atoms with van der Waals surface area (Å²) < 4.78 is 0. The minimum Gasteiger partial charge on any atom is -0.370 e. The topological polar surface area (TPSA) is 54.8 Å². The van der Waals surface area contributed by atoms with E-state index in [0.717, 1.165) is 45.5 Å². The van der Waals surface area contributed by atoms with Crippen LogP contribution in [0.25, 0.3) is 56.3 Å². The van der Waals surface area contributed by atoms with Gasteiger partial charge in [-0.2, -0.15) is 0 Å². The van der Waals surface area contributed by atoms with Gasteiger partial charge in [-0.3, -0.25) is 4.98 Å². The second-order valence-corrected chi connectivity index (χ2v) is 12.6. The first-order valence-corrected chi connectivity index (χ1v) is 17.1. The lowest BCUT2D eigenvalue weighted by Gasteiger charge is -2.26. The normalized spacial score (nSPS) is 15.6. The zero-order valence-corrected chi connectivity index (χ0v) is 28.9. The van der Waals surface area contributed by atoms with Gasteiger partial charge in [-0.05, 0) is 89.9 Å². The van der Waals surface area contributed by atoms with E-state index in [-0.39, 0.29) is 6.04 Å². The van der Waals surface area contributed by atoms with Crippen LogP contribution in [0.3, 0.4) is 0 Å². The molecule has 0 saturated carbocycles. The molecule has 1 unspecified atom stereocenters. The zero-order valence-electron chi connectivity index (χ0n) is 28.9. The van der Waals surface area contributed by atoms with E-state index < -0.39 is 0 Å². The van der Waals surface area contributed by atoms with Crippen molar-refractivity contribution in [2.75, 3.05) is 7.05 Å². The molecule has 3 aromatic carbocycles. The minimum atomic E-state index is 0.204. The van der Waals surface area contributed by atoms with E-state index in [2.05, 4.69) is 140 Å². The van der Waals surface area contributed by atoms with Crippen LogP contribution in [0, 0.1) is 0 Å². The van der Waals surface area contributed by atoms with Crippen molar-refractivity contribution in [2.45, 2.75) is 19.4 Å². The summed E-state index contributed by atoms with van der Waals surface area (Å²) in [5, 5.41) is 0. The van der Waals surface area contributed by atoms with Crippen molar-refractivity contribution >= 4 is 11.1 Å². The molecule has 0 amide bonds. The van der Waals surface area contributed by atoms with Crippen LogP contribution in [0.15, 0.2) is 182 Å². The van der Waals surface area contributed by atoms with Crippen LogP contribution in [-0.2, 0) is 0 Å². The summed E-state index contributed by atoms with van der Waals surface area (Å²) >= 11 is 0. The quantitative estimate of drug-likeness (QED) is 0.147. The Labute approximate surface area is 300 Å². The molecule has 0 bridgehead atoms. The first-order chi connectivity index (χ1) is 25.0. The summed E-state index contributed by atoms with van der Waals surface area (Å²) in [6.45, 7) is 6.55. The molecule has 248 valence electrons. The number of hydrogen-bond donors (Lipinski definition) is 0. The van der Waals surface area contributed by atoms with Crippen molar-refractivity contribution in [3.8, 4) is 45.2 Å². The van der Waals surface area contributed by atoms with Gasteiger partial charge >= 0.3 is 0 Å². The number of aromatic nitrogens is 4. The fourth-order valence-electron chi connectivity index (χ4n) is 6.21. The van der Waals surface area contributed by atoms with E-state index >= 15 is 0 Å². The van der Waals surface area contributed by atoms with E-state index in [1.807, 2.05) is 54.6 Å². The monoisotopic (exact) mass is 661 g/mol. The van der Waals surface area contributed by atoms with Crippen LogP contribution in [0.2, 0.25) is 0 Å². The Morgan fingerprint density at radius 1 is 0.725 bits per heavy atom. The molecular formula is C46H39N5. The molecule has 1 aliphatic carbocycles. The van der Waals surface area contributed by atoms with Gasteiger partial charge in [0.25, 0.3) is 0 Å². The highest BCUT2D eigenvalue weighted by Crippen LogP contribution is 2.33. The maximum atomic E-state index is 5.12. The molecule has 2 aromatic heterocycles. The standard InChI is InChI=1S/C46H39N5/c1-33(43-26-12-14-28-51(43)3)17-15-18-34(2)44-48-45(38-24-16-23-37(29-38)42-25-11-13-27-47-42)50-46(49-44)41-31-39(35-19-7-4-5-8-20-35)30-40(32-41)36-21-9-6-10-22-36/h4-19,21-32,43H,2,20H2,1,3H3/b18-15-,33-17+. The number of likely N-dealkylation sites (N-methyl/N-ethyl adjacent to an activating group) is 1. The number of pyridine rings is 1. The third-order valence-corrected chi connectivity index (χ3v) is 8.95. The molecular weight excluding hydrogens is 623 g/mol. The Bertz CT molecular complexity index is 2270. The molecule has 2 aliphatic rings. The molecule has 5 nitrogen and oxygen atoms in total. The van der Waals surface area contributed by atoms with Gasteiger partial charge in [-0.1, -0.05) is 122 Å². The SMILES string of the molecule is C=C(/C=C\C=C(/C)C1C=CC=CN1C)c1nc(-c2cc(C3=CC=CC=CC3)cc(-c3ccccc3)c2)nc(-c2cccc(-c3ccccn3)c2)n1. The highest BCUT2D eigenvalue weighted by atomic mass is 15.1. The molecule has 0 saturated heterocycles. The van der Waals surface area contributed by atoms with Gasteiger partial charge < -0.3 is 4.90 Å². The number of nitrogens with zero attached hydrogens (tertiary/aromatic N) is 5. The highest BCUT2D eigenvalue weighted by molar-refractivity contribution is 5.81. The molecule has 0 radical (unpaired) electrons. The average molecular weight is 662 g/mol. The van der Waals surface area contributed by atoms with Crippen LogP contribution < -0.4 is 0 Å². The fraction of sp³-hybridized carbons (Fsp3) is 0.0870. The van der Waals surface area contributed by atoms with E-state index in [1.54, 1.807) is 6.20 Å².